The highest BCUT2D eigenvalue weighted by Gasteiger charge is 2.24. The van der Waals surface area contributed by atoms with E-state index >= 15 is 0 Å². The van der Waals surface area contributed by atoms with Crippen LogP contribution in [0.4, 0.5) is 17.1 Å². The second-order valence-electron chi connectivity index (χ2n) is 12.2. The lowest BCUT2D eigenvalue weighted by atomic mass is 9.91. The van der Waals surface area contributed by atoms with Crippen LogP contribution in [0.25, 0.3) is 55.3 Å². The number of fused-ring (bicyclic) bond motifs is 2. The molecule has 1 aliphatic rings. The first-order valence-corrected chi connectivity index (χ1v) is 16.3. The van der Waals surface area contributed by atoms with E-state index in [0.29, 0.717) is 0 Å². The third-order valence-electron chi connectivity index (χ3n) is 9.26. The Hall–Kier alpha value is -6.38. The fourth-order valence-electron chi connectivity index (χ4n) is 6.94. The van der Waals surface area contributed by atoms with Gasteiger partial charge in [-0.2, -0.15) is 0 Å². The van der Waals surface area contributed by atoms with Gasteiger partial charge in [-0.15, -0.1) is 0 Å². The van der Waals surface area contributed by atoms with Crippen LogP contribution < -0.4 is 9.64 Å². The Kier molecular flexibility index (Phi) is 6.84. The first-order chi connectivity index (χ1) is 23.8. The summed E-state index contributed by atoms with van der Waals surface area (Å²) in [6.45, 7) is 0. The molecular weight excluding hydrogens is 583 g/mol. The summed E-state index contributed by atoms with van der Waals surface area (Å²) in [6.07, 6.45) is 0. The van der Waals surface area contributed by atoms with Gasteiger partial charge >= 0.3 is 0 Å². The van der Waals surface area contributed by atoms with Gasteiger partial charge in [0.15, 0.2) is 0 Å². The van der Waals surface area contributed by atoms with E-state index in [2.05, 4.69) is 193 Å². The van der Waals surface area contributed by atoms with Crippen LogP contribution in [-0.4, -0.2) is 0 Å². The van der Waals surface area contributed by atoms with E-state index in [9.17, 15) is 0 Å². The molecule has 0 amide bonds. The first-order valence-electron chi connectivity index (χ1n) is 16.3. The lowest BCUT2D eigenvalue weighted by Crippen LogP contribution is -2.11. The maximum atomic E-state index is 6.61. The minimum Gasteiger partial charge on any atom is -0.456 e. The maximum absolute atomic E-state index is 6.61. The molecule has 2 heteroatoms. The predicted molar refractivity (Wildman–Crippen MR) is 200 cm³/mol. The Morgan fingerprint density at radius 1 is 0.333 bits per heavy atom. The van der Waals surface area contributed by atoms with Crippen molar-refractivity contribution in [2.24, 2.45) is 0 Å². The number of rotatable bonds is 6. The number of hydrogen-bond donors (Lipinski definition) is 0. The van der Waals surface area contributed by atoms with E-state index in [0.717, 1.165) is 44.9 Å². The summed E-state index contributed by atoms with van der Waals surface area (Å²) in [4.78, 5) is 2.38. The number of anilines is 3. The minimum atomic E-state index is 0.877. The normalized spacial score (nSPS) is 11.5. The van der Waals surface area contributed by atoms with Crippen LogP contribution in [0.2, 0.25) is 0 Å². The van der Waals surface area contributed by atoms with Gasteiger partial charge < -0.3 is 9.64 Å². The third kappa shape index (κ3) is 4.92. The van der Waals surface area contributed by atoms with Crippen molar-refractivity contribution in [1.29, 1.82) is 0 Å². The van der Waals surface area contributed by atoms with Gasteiger partial charge in [0.25, 0.3) is 0 Å². The molecule has 0 radical (unpaired) electrons. The van der Waals surface area contributed by atoms with Gasteiger partial charge in [-0.05, 0) is 87.5 Å². The summed E-state index contributed by atoms with van der Waals surface area (Å²) in [6, 6.07) is 66.8. The van der Waals surface area contributed by atoms with E-state index in [1.807, 2.05) is 0 Å². The van der Waals surface area contributed by atoms with Gasteiger partial charge in [0.1, 0.15) is 11.5 Å². The smallest absolute Gasteiger partial charge is 0.136 e. The molecule has 1 heterocycles. The molecule has 0 N–H and O–H groups in total. The first kappa shape index (κ1) is 27.9. The molecule has 0 saturated heterocycles. The molecule has 0 spiro atoms. The summed E-state index contributed by atoms with van der Waals surface area (Å²) in [7, 11) is 0. The zero-order valence-corrected chi connectivity index (χ0v) is 26.3. The van der Waals surface area contributed by atoms with Crippen molar-refractivity contribution in [3.63, 3.8) is 0 Å². The summed E-state index contributed by atoms with van der Waals surface area (Å²) in [5.74, 6) is 1.76. The Labute approximate surface area is 280 Å². The van der Waals surface area contributed by atoms with Crippen LogP contribution in [0.3, 0.4) is 0 Å². The molecule has 48 heavy (non-hydrogen) atoms. The van der Waals surface area contributed by atoms with E-state index in [-0.39, 0.29) is 0 Å². The van der Waals surface area contributed by atoms with Gasteiger partial charge in [-0.3, -0.25) is 0 Å². The zero-order valence-electron chi connectivity index (χ0n) is 26.3. The Bertz CT molecular complexity index is 2400. The second kappa shape index (κ2) is 11.8. The van der Waals surface area contributed by atoms with Crippen LogP contribution in [0.15, 0.2) is 188 Å². The lowest BCUT2D eigenvalue weighted by molar-refractivity contribution is 0.487. The molecule has 0 unspecified atom stereocenters. The SMILES string of the molecule is c1ccc(-c2ccc(N(c3cccc(-c4ccccc4)c3)c3ccc4c5c(cccc35)-c3cc(-c5ccccc5)ccc3O4)cc2)cc1. The van der Waals surface area contributed by atoms with Crippen LogP contribution in [0.5, 0.6) is 11.5 Å². The maximum Gasteiger partial charge on any atom is 0.136 e. The highest BCUT2D eigenvalue weighted by atomic mass is 16.5. The highest BCUT2D eigenvalue weighted by Crippen LogP contribution is 2.51. The van der Waals surface area contributed by atoms with Gasteiger partial charge in [0, 0.05) is 27.7 Å². The fraction of sp³-hybridized carbons (Fsp3) is 0. The zero-order chi connectivity index (χ0) is 31.9. The van der Waals surface area contributed by atoms with E-state index in [4.69, 9.17) is 4.74 Å². The topological polar surface area (TPSA) is 12.5 Å². The molecule has 1 aliphatic heterocycles. The molecular formula is C46H31NO. The van der Waals surface area contributed by atoms with E-state index < -0.39 is 0 Å². The van der Waals surface area contributed by atoms with Crippen molar-refractivity contribution in [2.45, 2.75) is 0 Å². The lowest BCUT2D eigenvalue weighted by Gasteiger charge is -2.29. The molecule has 2 nitrogen and oxygen atoms in total. The van der Waals surface area contributed by atoms with Crippen LogP contribution in [0, 0.1) is 0 Å². The number of nitrogens with zero attached hydrogens (tertiary/aromatic N) is 1. The monoisotopic (exact) mass is 613 g/mol. The van der Waals surface area contributed by atoms with Crippen molar-refractivity contribution in [3.8, 4) is 56.0 Å². The molecule has 8 aromatic rings. The number of hydrogen-bond acceptors (Lipinski definition) is 2. The molecule has 9 rings (SSSR count). The quantitative estimate of drug-likeness (QED) is 0.185. The van der Waals surface area contributed by atoms with Gasteiger partial charge in [-0.25, -0.2) is 0 Å². The van der Waals surface area contributed by atoms with Crippen molar-refractivity contribution >= 4 is 27.8 Å². The van der Waals surface area contributed by atoms with Crippen LogP contribution in [-0.2, 0) is 0 Å². The Morgan fingerprint density at radius 3 is 1.56 bits per heavy atom. The van der Waals surface area contributed by atoms with Gasteiger partial charge in [0.2, 0.25) is 0 Å². The summed E-state index contributed by atoms with van der Waals surface area (Å²) in [5, 5.41) is 2.26. The van der Waals surface area contributed by atoms with Crippen molar-refractivity contribution in [3.05, 3.63) is 188 Å². The summed E-state index contributed by atoms with van der Waals surface area (Å²) in [5.41, 5.74) is 12.7. The molecule has 0 fully saturated rings. The van der Waals surface area contributed by atoms with Crippen molar-refractivity contribution < 1.29 is 4.74 Å². The van der Waals surface area contributed by atoms with E-state index in [1.54, 1.807) is 0 Å². The highest BCUT2D eigenvalue weighted by molar-refractivity contribution is 6.11. The average Bonchev–Trinajstić information content (AvgIpc) is 3.17. The molecule has 0 bridgehead atoms. The molecule has 8 aromatic carbocycles. The Morgan fingerprint density at radius 2 is 0.875 bits per heavy atom. The largest absolute Gasteiger partial charge is 0.456 e. The average molecular weight is 614 g/mol. The standard InChI is InChI=1S/C46H31NO/c1-4-12-32(13-5-1)35-22-25-38(26-23-35)47(39-19-10-18-36(30-39)33-14-6-2-7-15-33)43-27-29-45-46-40(20-11-21-41(43)46)42-31-37(24-28-44(42)48-45)34-16-8-3-9-17-34/h1-31H. The van der Waals surface area contributed by atoms with Crippen molar-refractivity contribution in [2.75, 3.05) is 4.90 Å². The molecule has 0 saturated carbocycles. The van der Waals surface area contributed by atoms with E-state index in [1.165, 1.54) is 38.9 Å². The molecule has 0 atom stereocenters. The fourth-order valence-corrected chi connectivity index (χ4v) is 6.94. The predicted octanol–water partition coefficient (Wildman–Crippen LogP) is 13.1. The van der Waals surface area contributed by atoms with Crippen LogP contribution >= 0.6 is 0 Å². The molecule has 0 aromatic heterocycles. The number of benzene rings is 8. The minimum absolute atomic E-state index is 0.877. The van der Waals surface area contributed by atoms with Gasteiger partial charge in [0.05, 0.1) is 5.69 Å². The van der Waals surface area contributed by atoms with Crippen LogP contribution in [0.1, 0.15) is 0 Å². The number of ether oxygens (including phenoxy) is 1. The third-order valence-corrected chi connectivity index (χ3v) is 9.26. The molecule has 226 valence electrons. The second-order valence-corrected chi connectivity index (χ2v) is 12.2. The molecule has 0 aliphatic carbocycles. The Balaban J connectivity index is 1.23. The van der Waals surface area contributed by atoms with Gasteiger partial charge in [-0.1, -0.05) is 140 Å². The summed E-state index contributed by atoms with van der Waals surface area (Å²) >= 11 is 0. The summed E-state index contributed by atoms with van der Waals surface area (Å²) < 4.78 is 6.61. The van der Waals surface area contributed by atoms with Crippen molar-refractivity contribution in [1.82, 2.24) is 0 Å².